The van der Waals surface area contributed by atoms with Crippen LogP contribution in [-0.2, 0) is 21.3 Å². The van der Waals surface area contributed by atoms with Crippen LogP contribution in [0.3, 0.4) is 0 Å². The van der Waals surface area contributed by atoms with Crippen molar-refractivity contribution in [1.82, 2.24) is 9.29 Å². The van der Waals surface area contributed by atoms with E-state index in [2.05, 4.69) is 29.6 Å². The highest BCUT2D eigenvalue weighted by Crippen LogP contribution is 2.34. The number of hydrogen-bond donors (Lipinski definition) is 1. The van der Waals surface area contributed by atoms with E-state index < -0.39 is 21.7 Å². The molecule has 0 saturated heterocycles. The molecule has 5 rings (SSSR count). The monoisotopic (exact) mass is 512 g/mol. The van der Waals surface area contributed by atoms with E-state index in [9.17, 15) is 13.2 Å². The molecular weight excluding hydrogens is 484 g/mol. The van der Waals surface area contributed by atoms with Gasteiger partial charge in [0.2, 0.25) is 0 Å². The van der Waals surface area contributed by atoms with Gasteiger partial charge in [-0.2, -0.15) is 0 Å². The van der Waals surface area contributed by atoms with Crippen LogP contribution in [-0.4, -0.2) is 24.1 Å². The Labute approximate surface area is 216 Å². The fraction of sp³-hybridized carbons (Fsp3) is 0.167. The molecule has 1 amide bonds. The second-order valence-electron chi connectivity index (χ2n) is 9.88. The lowest BCUT2D eigenvalue weighted by Gasteiger charge is -2.19. The maximum atomic E-state index is 13.6. The molecule has 0 aliphatic rings. The van der Waals surface area contributed by atoms with Gasteiger partial charge in [0.15, 0.2) is 0 Å². The molecule has 0 aliphatic heterocycles. The Hall–Kier alpha value is -4.10. The minimum atomic E-state index is -3.85. The molecule has 0 unspecified atom stereocenters. The van der Waals surface area contributed by atoms with Crippen LogP contribution in [0.15, 0.2) is 102 Å². The SMILES string of the molecule is CC(C)(C)OC(=O)NCc1cn(S(=O)(=O)c2ccccc2)c2ccc(-c3cccc4ccccc34)cc12. The molecule has 0 fully saturated rings. The highest BCUT2D eigenvalue weighted by atomic mass is 32.2. The molecule has 0 spiro atoms. The highest BCUT2D eigenvalue weighted by molar-refractivity contribution is 7.90. The summed E-state index contributed by atoms with van der Waals surface area (Å²) in [4.78, 5) is 12.6. The molecule has 0 bridgehead atoms. The molecule has 1 aromatic heterocycles. The largest absolute Gasteiger partial charge is 0.444 e. The molecule has 0 aliphatic carbocycles. The Morgan fingerprint density at radius 1 is 0.865 bits per heavy atom. The smallest absolute Gasteiger partial charge is 0.407 e. The van der Waals surface area contributed by atoms with Gasteiger partial charge in [-0.25, -0.2) is 17.2 Å². The zero-order valence-electron chi connectivity index (χ0n) is 20.9. The van der Waals surface area contributed by atoms with Crippen molar-refractivity contribution in [3.63, 3.8) is 0 Å². The van der Waals surface area contributed by atoms with Crippen LogP contribution in [0.2, 0.25) is 0 Å². The van der Waals surface area contributed by atoms with Crippen LogP contribution < -0.4 is 5.32 Å². The van der Waals surface area contributed by atoms with Gasteiger partial charge in [-0.3, -0.25) is 0 Å². The molecule has 7 heteroatoms. The van der Waals surface area contributed by atoms with Crippen molar-refractivity contribution in [2.45, 2.75) is 37.8 Å². The first-order valence-electron chi connectivity index (χ1n) is 12.0. The molecule has 188 valence electrons. The third-order valence-electron chi connectivity index (χ3n) is 6.08. The van der Waals surface area contributed by atoms with Crippen LogP contribution in [0.5, 0.6) is 0 Å². The van der Waals surface area contributed by atoms with Gasteiger partial charge in [0.1, 0.15) is 5.60 Å². The van der Waals surface area contributed by atoms with Crippen molar-refractivity contribution in [1.29, 1.82) is 0 Å². The predicted octanol–water partition coefficient (Wildman–Crippen LogP) is 6.72. The first-order valence-corrected chi connectivity index (χ1v) is 13.5. The molecule has 1 N–H and O–H groups in total. The van der Waals surface area contributed by atoms with Gasteiger partial charge >= 0.3 is 6.09 Å². The number of aromatic nitrogens is 1. The number of alkyl carbamates (subject to hydrolysis) is 1. The number of benzene rings is 4. The minimum absolute atomic E-state index is 0.113. The summed E-state index contributed by atoms with van der Waals surface area (Å²) in [6.07, 6.45) is 1.02. The Morgan fingerprint density at radius 2 is 1.57 bits per heavy atom. The van der Waals surface area contributed by atoms with Crippen LogP contribution >= 0.6 is 0 Å². The lowest BCUT2D eigenvalue weighted by atomic mass is 9.97. The quantitative estimate of drug-likeness (QED) is 0.283. The number of hydrogen-bond acceptors (Lipinski definition) is 4. The standard InChI is InChI=1S/C30H28N2O4S/c1-30(2,3)36-29(33)31-19-23-20-32(37(34,35)24-12-5-4-6-13-24)28-17-16-22(18-27(23)28)26-15-9-11-21-10-7-8-14-25(21)26/h4-18,20H,19H2,1-3H3,(H,31,33). The van der Waals surface area contributed by atoms with E-state index in [1.54, 1.807) is 57.3 Å². The summed E-state index contributed by atoms with van der Waals surface area (Å²) in [5.74, 6) is 0. The number of carbonyl (C=O) groups excluding carboxylic acids is 1. The van der Waals surface area contributed by atoms with Crippen LogP contribution in [0.25, 0.3) is 32.8 Å². The molecule has 37 heavy (non-hydrogen) atoms. The zero-order valence-corrected chi connectivity index (χ0v) is 21.7. The first kappa shape index (κ1) is 24.6. The molecule has 6 nitrogen and oxygen atoms in total. The van der Waals surface area contributed by atoms with E-state index in [0.29, 0.717) is 11.1 Å². The van der Waals surface area contributed by atoms with Gasteiger partial charge in [-0.1, -0.05) is 66.7 Å². The van der Waals surface area contributed by atoms with E-state index in [4.69, 9.17) is 4.74 Å². The molecule has 1 heterocycles. The molecule has 4 aromatic carbocycles. The molecule has 0 atom stereocenters. The second kappa shape index (κ2) is 9.41. The Bertz CT molecular complexity index is 1710. The number of nitrogens with one attached hydrogen (secondary N) is 1. The topological polar surface area (TPSA) is 77.4 Å². The average Bonchev–Trinajstić information content (AvgIpc) is 3.25. The molecule has 0 saturated carbocycles. The lowest BCUT2D eigenvalue weighted by molar-refractivity contribution is 0.0524. The third-order valence-corrected chi connectivity index (χ3v) is 7.76. The van der Waals surface area contributed by atoms with Gasteiger partial charge in [-0.15, -0.1) is 0 Å². The van der Waals surface area contributed by atoms with E-state index in [-0.39, 0.29) is 11.4 Å². The first-order chi connectivity index (χ1) is 17.6. The minimum Gasteiger partial charge on any atom is -0.444 e. The van der Waals surface area contributed by atoms with E-state index in [1.807, 2.05) is 36.4 Å². The molecule has 0 radical (unpaired) electrons. The number of ether oxygens (including phenoxy) is 1. The summed E-state index contributed by atoms with van der Waals surface area (Å²) in [7, 11) is -3.85. The van der Waals surface area contributed by atoms with E-state index in [0.717, 1.165) is 27.3 Å². The van der Waals surface area contributed by atoms with Crippen molar-refractivity contribution in [3.8, 4) is 11.1 Å². The van der Waals surface area contributed by atoms with Gasteiger partial charge < -0.3 is 10.1 Å². The van der Waals surface area contributed by atoms with Crippen LogP contribution in [0, 0.1) is 0 Å². The van der Waals surface area contributed by atoms with Gasteiger partial charge in [0, 0.05) is 18.1 Å². The summed E-state index contributed by atoms with van der Waals surface area (Å²) in [6, 6.07) is 28.3. The highest BCUT2D eigenvalue weighted by Gasteiger charge is 2.23. The Balaban J connectivity index is 1.64. The van der Waals surface area contributed by atoms with Crippen molar-refractivity contribution in [3.05, 3.63) is 103 Å². The van der Waals surface area contributed by atoms with Crippen LogP contribution in [0.1, 0.15) is 26.3 Å². The fourth-order valence-electron chi connectivity index (χ4n) is 4.44. The summed E-state index contributed by atoms with van der Waals surface area (Å²) in [5.41, 5.74) is 2.56. The Morgan fingerprint density at radius 3 is 2.32 bits per heavy atom. The van der Waals surface area contributed by atoms with Crippen LogP contribution in [0.4, 0.5) is 4.79 Å². The van der Waals surface area contributed by atoms with Gasteiger partial charge in [0.05, 0.1) is 10.4 Å². The maximum absolute atomic E-state index is 13.6. The summed E-state index contributed by atoms with van der Waals surface area (Å²) in [5, 5.41) is 5.74. The van der Waals surface area contributed by atoms with E-state index in [1.165, 1.54) is 3.97 Å². The number of nitrogens with zero attached hydrogens (tertiary/aromatic N) is 1. The normalized spacial score (nSPS) is 12.1. The molecule has 5 aromatic rings. The fourth-order valence-corrected chi connectivity index (χ4v) is 5.85. The summed E-state index contributed by atoms with van der Waals surface area (Å²) < 4.78 is 33.8. The number of rotatable bonds is 5. The molecular formula is C30H28N2O4S. The van der Waals surface area contributed by atoms with Gasteiger partial charge in [0.25, 0.3) is 10.0 Å². The van der Waals surface area contributed by atoms with Crippen molar-refractivity contribution < 1.29 is 17.9 Å². The van der Waals surface area contributed by atoms with E-state index >= 15 is 0 Å². The Kier molecular flexibility index (Phi) is 6.25. The van der Waals surface area contributed by atoms with Crippen molar-refractivity contribution in [2.75, 3.05) is 0 Å². The number of amides is 1. The predicted molar refractivity (Wildman–Crippen MR) is 147 cm³/mol. The van der Waals surface area contributed by atoms with Gasteiger partial charge in [-0.05, 0) is 72.5 Å². The van der Waals surface area contributed by atoms with Crippen molar-refractivity contribution >= 4 is 37.8 Å². The maximum Gasteiger partial charge on any atom is 0.407 e. The summed E-state index contributed by atoms with van der Waals surface area (Å²) >= 11 is 0. The number of fused-ring (bicyclic) bond motifs is 2. The lowest BCUT2D eigenvalue weighted by Crippen LogP contribution is -2.32. The number of carbonyl (C=O) groups is 1. The van der Waals surface area contributed by atoms with Crippen molar-refractivity contribution in [2.24, 2.45) is 0 Å². The second-order valence-corrected chi connectivity index (χ2v) is 11.7. The third kappa shape index (κ3) is 4.95. The zero-order chi connectivity index (χ0) is 26.2. The summed E-state index contributed by atoms with van der Waals surface area (Å²) in [6.45, 7) is 5.49. The average molecular weight is 513 g/mol.